The fourth-order valence-electron chi connectivity index (χ4n) is 3.42. The Bertz CT molecular complexity index is 1120. The summed E-state index contributed by atoms with van der Waals surface area (Å²) in [5.41, 5.74) is 0.815. The number of anilines is 1. The number of nitrogens with one attached hydrogen (secondary N) is 1. The van der Waals surface area contributed by atoms with Crippen molar-refractivity contribution in [2.24, 2.45) is 5.92 Å². The number of aromatic nitrogens is 2. The van der Waals surface area contributed by atoms with Gasteiger partial charge in [-0.1, -0.05) is 67.6 Å². The largest absolute Gasteiger partial charge is 0.416 e. The molecule has 0 aliphatic heterocycles. The summed E-state index contributed by atoms with van der Waals surface area (Å²) in [6.45, 7) is 4.86. The van der Waals surface area contributed by atoms with E-state index in [-0.39, 0.29) is 35.8 Å². The van der Waals surface area contributed by atoms with Crippen LogP contribution < -0.4 is 5.32 Å². The van der Waals surface area contributed by atoms with Crippen molar-refractivity contribution in [2.45, 2.75) is 39.3 Å². The highest BCUT2D eigenvalue weighted by molar-refractivity contribution is 7.18. The summed E-state index contributed by atoms with van der Waals surface area (Å²) >= 11 is 1.07. The second-order valence-corrected chi connectivity index (χ2v) is 9.48. The van der Waals surface area contributed by atoms with Gasteiger partial charge in [0.1, 0.15) is 5.01 Å². The van der Waals surface area contributed by atoms with E-state index in [1.807, 2.05) is 44.2 Å². The van der Waals surface area contributed by atoms with E-state index in [1.165, 1.54) is 12.1 Å². The molecule has 1 aromatic heterocycles. The average molecular weight is 505 g/mol. The molecule has 0 atom stereocenters. The first-order chi connectivity index (χ1) is 16.6. The Morgan fingerprint density at radius 3 is 2.31 bits per heavy atom. The standard InChI is InChI=1S/C25H27F3N4O2S/c1-17(2)16-32(22(34)13-8-18-6-4-3-5-7-18)15-14-21(33)29-24-31-30-23(35-24)19-9-11-20(12-10-19)25(26,27)28/h3-7,9-12,17H,8,13-16H2,1-2H3,(H,29,31,33). The molecule has 10 heteroatoms. The van der Waals surface area contributed by atoms with Crippen molar-refractivity contribution < 1.29 is 22.8 Å². The number of alkyl halides is 3. The molecule has 0 fully saturated rings. The molecule has 6 nitrogen and oxygen atoms in total. The highest BCUT2D eigenvalue weighted by Crippen LogP contribution is 2.32. The minimum absolute atomic E-state index is 0.00383. The SMILES string of the molecule is CC(C)CN(CCC(=O)Nc1nnc(-c2ccc(C(F)(F)F)cc2)s1)C(=O)CCc1ccccc1. The Hall–Kier alpha value is -3.27. The number of hydrogen-bond acceptors (Lipinski definition) is 5. The molecule has 3 aromatic rings. The van der Waals surface area contributed by atoms with Gasteiger partial charge in [-0.15, -0.1) is 10.2 Å². The maximum absolute atomic E-state index is 12.8. The van der Waals surface area contributed by atoms with E-state index in [2.05, 4.69) is 15.5 Å². The molecular weight excluding hydrogens is 477 g/mol. The number of amides is 2. The van der Waals surface area contributed by atoms with Gasteiger partial charge < -0.3 is 10.2 Å². The molecule has 0 saturated heterocycles. The molecule has 0 bridgehead atoms. The number of halogens is 3. The lowest BCUT2D eigenvalue weighted by molar-refractivity contribution is -0.137. The summed E-state index contributed by atoms with van der Waals surface area (Å²) in [5.74, 6) is -0.0613. The molecule has 3 rings (SSSR count). The molecule has 186 valence electrons. The molecule has 35 heavy (non-hydrogen) atoms. The van der Waals surface area contributed by atoms with Crippen LogP contribution in [0, 0.1) is 5.92 Å². The van der Waals surface area contributed by atoms with Crippen LogP contribution >= 0.6 is 11.3 Å². The van der Waals surface area contributed by atoms with Crippen molar-refractivity contribution >= 4 is 28.3 Å². The molecule has 1 N–H and O–H groups in total. The number of carbonyl (C=O) groups is 2. The Balaban J connectivity index is 1.53. The van der Waals surface area contributed by atoms with E-state index in [0.717, 1.165) is 29.0 Å². The third-order valence-electron chi connectivity index (χ3n) is 5.15. The summed E-state index contributed by atoms with van der Waals surface area (Å²) in [6, 6.07) is 14.4. The zero-order valence-corrected chi connectivity index (χ0v) is 20.3. The lowest BCUT2D eigenvalue weighted by Gasteiger charge is -2.24. The van der Waals surface area contributed by atoms with E-state index in [4.69, 9.17) is 0 Å². The molecular formula is C25H27F3N4O2S. The van der Waals surface area contributed by atoms with Crippen LogP contribution in [0.3, 0.4) is 0 Å². The van der Waals surface area contributed by atoms with Crippen molar-refractivity contribution in [3.8, 4) is 10.6 Å². The van der Waals surface area contributed by atoms with Crippen molar-refractivity contribution in [1.82, 2.24) is 15.1 Å². The molecule has 0 saturated carbocycles. The summed E-state index contributed by atoms with van der Waals surface area (Å²) in [4.78, 5) is 27.0. The number of aryl methyl sites for hydroxylation is 1. The average Bonchev–Trinajstić information content (AvgIpc) is 3.28. The van der Waals surface area contributed by atoms with Crippen molar-refractivity contribution in [2.75, 3.05) is 18.4 Å². The number of benzene rings is 2. The fourth-order valence-corrected chi connectivity index (χ4v) is 4.19. The Kier molecular flexibility index (Phi) is 8.97. The van der Waals surface area contributed by atoms with Crippen molar-refractivity contribution in [3.63, 3.8) is 0 Å². The Morgan fingerprint density at radius 1 is 1.00 bits per heavy atom. The molecule has 2 amide bonds. The normalized spacial score (nSPS) is 11.5. The van der Waals surface area contributed by atoms with Gasteiger partial charge in [0, 0.05) is 31.5 Å². The molecule has 0 aliphatic carbocycles. The van der Waals surface area contributed by atoms with Gasteiger partial charge in [-0.25, -0.2) is 0 Å². The monoisotopic (exact) mass is 504 g/mol. The molecule has 0 radical (unpaired) electrons. The first kappa shape index (κ1) is 26.3. The first-order valence-corrected chi connectivity index (χ1v) is 12.1. The van der Waals surface area contributed by atoms with Gasteiger partial charge in [0.25, 0.3) is 0 Å². The molecule has 0 aliphatic rings. The zero-order chi connectivity index (χ0) is 25.4. The van der Waals surface area contributed by atoms with Gasteiger partial charge >= 0.3 is 6.18 Å². The minimum atomic E-state index is -4.41. The molecule has 0 spiro atoms. The predicted molar refractivity (Wildman–Crippen MR) is 130 cm³/mol. The van der Waals surface area contributed by atoms with E-state index >= 15 is 0 Å². The lowest BCUT2D eigenvalue weighted by Crippen LogP contribution is -2.36. The van der Waals surface area contributed by atoms with Gasteiger partial charge in [0.15, 0.2) is 0 Å². The maximum atomic E-state index is 12.8. The highest BCUT2D eigenvalue weighted by atomic mass is 32.1. The summed E-state index contributed by atoms with van der Waals surface area (Å²) in [7, 11) is 0. The number of nitrogens with zero attached hydrogens (tertiary/aromatic N) is 3. The van der Waals surface area contributed by atoms with Crippen LogP contribution in [-0.2, 0) is 22.2 Å². The van der Waals surface area contributed by atoms with Crippen molar-refractivity contribution in [3.05, 3.63) is 65.7 Å². The molecule has 0 unspecified atom stereocenters. The second kappa shape index (κ2) is 11.9. The first-order valence-electron chi connectivity index (χ1n) is 11.2. The van der Waals surface area contributed by atoms with E-state index in [0.29, 0.717) is 30.0 Å². The Morgan fingerprint density at radius 2 is 1.69 bits per heavy atom. The van der Waals surface area contributed by atoms with Crippen LogP contribution in [-0.4, -0.2) is 40.0 Å². The van der Waals surface area contributed by atoms with Crippen LogP contribution in [0.4, 0.5) is 18.3 Å². The second-order valence-electron chi connectivity index (χ2n) is 8.50. The molecule has 2 aromatic carbocycles. The van der Waals surface area contributed by atoms with Crippen LogP contribution in [0.1, 0.15) is 37.8 Å². The minimum Gasteiger partial charge on any atom is -0.342 e. The number of hydrogen-bond donors (Lipinski definition) is 1. The smallest absolute Gasteiger partial charge is 0.342 e. The summed E-state index contributed by atoms with van der Waals surface area (Å²) < 4.78 is 38.2. The highest BCUT2D eigenvalue weighted by Gasteiger charge is 2.30. The third-order valence-corrected chi connectivity index (χ3v) is 6.04. The van der Waals surface area contributed by atoms with Gasteiger partial charge in [-0.2, -0.15) is 13.2 Å². The van der Waals surface area contributed by atoms with Crippen LogP contribution in [0.5, 0.6) is 0 Å². The van der Waals surface area contributed by atoms with E-state index in [9.17, 15) is 22.8 Å². The van der Waals surface area contributed by atoms with Gasteiger partial charge in [0.05, 0.1) is 5.56 Å². The van der Waals surface area contributed by atoms with Crippen LogP contribution in [0.15, 0.2) is 54.6 Å². The zero-order valence-electron chi connectivity index (χ0n) is 19.5. The fraction of sp³-hybridized carbons (Fsp3) is 0.360. The topological polar surface area (TPSA) is 75.2 Å². The van der Waals surface area contributed by atoms with Gasteiger partial charge in [-0.3, -0.25) is 9.59 Å². The van der Waals surface area contributed by atoms with Crippen LogP contribution in [0.25, 0.3) is 10.6 Å². The number of rotatable bonds is 10. The van der Waals surface area contributed by atoms with Crippen molar-refractivity contribution in [1.29, 1.82) is 0 Å². The van der Waals surface area contributed by atoms with E-state index in [1.54, 1.807) is 4.90 Å². The third kappa shape index (κ3) is 8.17. The maximum Gasteiger partial charge on any atom is 0.416 e. The molecule has 1 heterocycles. The van der Waals surface area contributed by atoms with E-state index < -0.39 is 11.7 Å². The Labute approximate surface area is 206 Å². The van der Waals surface area contributed by atoms with Crippen LogP contribution in [0.2, 0.25) is 0 Å². The number of carbonyl (C=O) groups excluding carboxylic acids is 2. The summed E-state index contributed by atoms with van der Waals surface area (Å²) in [5, 5.41) is 11.2. The quantitative estimate of drug-likeness (QED) is 0.386. The predicted octanol–water partition coefficient (Wildman–Crippen LogP) is 5.67. The summed E-state index contributed by atoms with van der Waals surface area (Å²) in [6.07, 6.45) is -3.31. The van der Waals surface area contributed by atoms with Gasteiger partial charge in [0.2, 0.25) is 16.9 Å². The lowest BCUT2D eigenvalue weighted by atomic mass is 10.1. The van der Waals surface area contributed by atoms with Gasteiger partial charge in [-0.05, 0) is 30.0 Å².